The molecule has 0 bridgehead atoms. The summed E-state index contributed by atoms with van der Waals surface area (Å²) in [5.41, 5.74) is 1.44. The van der Waals surface area contributed by atoms with E-state index in [1.54, 1.807) is 60.5 Å². The molecule has 0 radical (unpaired) electrons. The molecule has 0 aliphatic carbocycles. The number of carbonyl (C=O) groups excluding carboxylic acids is 2. The van der Waals surface area contributed by atoms with Gasteiger partial charge in [0.05, 0.1) is 13.4 Å². The van der Waals surface area contributed by atoms with E-state index in [1.165, 1.54) is 0 Å². The number of nitrogens with zero attached hydrogens (tertiary/aromatic N) is 1. The van der Waals surface area contributed by atoms with Gasteiger partial charge in [0.2, 0.25) is 10.0 Å². The lowest BCUT2D eigenvalue weighted by molar-refractivity contribution is 0.0698. The van der Waals surface area contributed by atoms with E-state index < -0.39 is 10.0 Å². The number of likely N-dealkylation sites (tertiary alicyclic amines) is 1. The average molecular weight is 432 g/mol. The molecule has 2 N–H and O–H groups in total. The van der Waals surface area contributed by atoms with Gasteiger partial charge in [0.25, 0.3) is 11.8 Å². The van der Waals surface area contributed by atoms with E-state index in [9.17, 15) is 18.0 Å². The van der Waals surface area contributed by atoms with Crippen LogP contribution in [0.3, 0.4) is 0 Å². The molecule has 0 aromatic heterocycles. The van der Waals surface area contributed by atoms with Crippen molar-refractivity contribution in [2.45, 2.75) is 18.9 Å². The predicted molar refractivity (Wildman–Crippen MR) is 114 cm³/mol. The molecule has 30 heavy (non-hydrogen) atoms. The molecule has 0 atom stereocenters. The summed E-state index contributed by atoms with van der Waals surface area (Å²) in [6, 6.07) is 13.3. The zero-order chi connectivity index (χ0) is 21.7. The molecular formula is C21H25N3O5S. The number of anilines is 1. The maximum Gasteiger partial charge on any atom is 0.253 e. The summed E-state index contributed by atoms with van der Waals surface area (Å²) in [6.45, 7) is 1.07. The Bertz CT molecular complexity index is 1010. The largest absolute Gasteiger partial charge is 0.497 e. The second-order valence-electron chi connectivity index (χ2n) is 7.22. The molecule has 9 heteroatoms. The van der Waals surface area contributed by atoms with E-state index in [1.807, 2.05) is 0 Å². The minimum Gasteiger partial charge on any atom is -0.497 e. The van der Waals surface area contributed by atoms with E-state index in [4.69, 9.17) is 4.74 Å². The Kier molecular flexibility index (Phi) is 6.61. The van der Waals surface area contributed by atoms with E-state index in [0.29, 0.717) is 48.5 Å². The van der Waals surface area contributed by atoms with Crippen molar-refractivity contribution in [2.24, 2.45) is 0 Å². The fourth-order valence-corrected chi connectivity index (χ4v) is 3.90. The Morgan fingerprint density at radius 1 is 1.03 bits per heavy atom. The maximum absolute atomic E-state index is 12.7. The van der Waals surface area contributed by atoms with E-state index in [-0.39, 0.29) is 17.9 Å². The molecule has 2 amide bonds. The monoisotopic (exact) mass is 431 g/mol. The van der Waals surface area contributed by atoms with Gasteiger partial charge in [0.1, 0.15) is 5.75 Å². The van der Waals surface area contributed by atoms with Crippen LogP contribution >= 0.6 is 0 Å². The summed E-state index contributed by atoms with van der Waals surface area (Å²) < 4.78 is 30.1. The molecular weight excluding hydrogens is 406 g/mol. The molecule has 1 aliphatic rings. The molecule has 1 fully saturated rings. The summed E-state index contributed by atoms with van der Waals surface area (Å²) >= 11 is 0. The van der Waals surface area contributed by atoms with Gasteiger partial charge >= 0.3 is 0 Å². The van der Waals surface area contributed by atoms with Gasteiger partial charge in [-0.2, -0.15) is 0 Å². The van der Waals surface area contributed by atoms with Gasteiger partial charge in [-0.1, -0.05) is 6.07 Å². The second kappa shape index (κ2) is 9.17. The summed E-state index contributed by atoms with van der Waals surface area (Å²) in [7, 11) is -1.80. The summed E-state index contributed by atoms with van der Waals surface area (Å²) in [5, 5.41) is 3.02. The molecule has 3 rings (SSSR count). The molecule has 2 aromatic rings. The molecule has 1 heterocycles. The number of carbonyl (C=O) groups is 2. The van der Waals surface area contributed by atoms with Crippen LogP contribution in [0.15, 0.2) is 48.5 Å². The molecule has 1 aliphatic heterocycles. The Morgan fingerprint density at radius 2 is 1.70 bits per heavy atom. The molecule has 8 nitrogen and oxygen atoms in total. The van der Waals surface area contributed by atoms with Crippen molar-refractivity contribution >= 4 is 27.5 Å². The molecule has 2 aromatic carbocycles. The van der Waals surface area contributed by atoms with Crippen molar-refractivity contribution < 1.29 is 22.7 Å². The number of hydrogen-bond acceptors (Lipinski definition) is 5. The van der Waals surface area contributed by atoms with Crippen LogP contribution in [0.1, 0.15) is 33.6 Å². The number of hydrogen-bond donors (Lipinski definition) is 2. The Hall–Kier alpha value is -3.07. The van der Waals surface area contributed by atoms with E-state index in [2.05, 4.69) is 10.0 Å². The van der Waals surface area contributed by atoms with Gasteiger partial charge in [-0.15, -0.1) is 0 Å². The van der Waals surface area contributed by atoms with Crippen molar-refractivity contribution in [3.63, 3.8) is 0 Å². The number of sulfonamides is 1. The van der Waals surface area contributed by atoms with Gasteiger partial charge in [-0.3, -0.25) is 14.3 Å². The minimum absolute atomic E-state index is 0.00547. The van der Waals surface area contributed by atoms with Crippen LogP contribution in [-0.2, 0) is 10.0 Å². The number of ether oxygens (including phenoxy) is 1. The summed E-state index contributed by atoms with van der Waals surface area (Å²) in [4.78, 5) is 26.9. The first-order valence-electron chi connectivity index (χ1n) is 9.57. The second-order valence-corrected chi connectivity index (χ2v) is 8.97. The lowest BCUT2D eigenvalue weighted by Crippen LogP contribution is -2.46. The van der Waals surface area contributed by atoms with E-state index in [0.717, 1.165) is 6.26 Å². The van der Waals surface area contributed by atoms with Crippen molar-refractivity contribution in [3.8, 4) is 5.75 Å². The quantitative estimate of drug-likeness (QED) is 0.729. The smallest absolute Gasteiger partial charge is 0.253 e. The molecule has 0 spiro atoms. The van der Waals surface area contributed by atoms with Crippen LogP contribution in [0.25, 0.3) is 0 Å². The third-order valence-electron chi connectivity index (χ3n) is 4.88. The lowest BCUT2D eigenvalue weighted by Gasteiger charge is -2.32. The van der Waals surface area contributed by atoms with E-state index >= 15 is 0 Å². The summed E-state index contributed by atoms with van der Waals surface area (Å²) in [5.74, 6) is 0.354. The van der Waals surface area contributed by atoms with Gasteiger partial charge < -0.3 is 15.0 Å². The third-order valence-corrected chi connectivity index (χ3v) is 5.49. The standard InChI is InChI=1S/C21H25N3O5S/c1-29-19-5-3-4-16(14-19)20(25)22-17-10-12-24(13-11-17)21(26)15-6-8-18(9-7-15)23-30(2,27)28/h3-9,14,17,23H,10-13H2,1-2H3,(H,22,25). The molecule has 0 unspecified atom stereocenters. The van der Waals surface area contributed by atoms with Gasteiger partial charge in [0.15, 0.2) is 0 Å². The first-order chi connectivity index (χ1) is 14.2. The number of benzene rings is 2. The van der Waals surface area contributed by atoms with Crippen molar-refractivity contribution in [1.29, 1.82) is 0 Å². The normalized spacial score (nSPS) is 14.8. The molecule has 1 saturated heterocycles. The topological polar surface area (TPSA) is 105 Å². The van der Waals surface area contributed by atoms with Crippen LogP contribution in [0.5, 0.6) is 5.75 Å². The maximum atomic E-state index is 12.7. The predicted octanol–water partition coefficient (Wildman–Crippen LogP) is 2.10. The number of methoxy groups -OCH3 is 1. The third kappa shape index (κ3) is 5.73. The molecule has 0 saturated carbocycles. The zero-order valence-corrected chi connectivity index (χ0v) is 17.7. The number of rotatable bonds is 6. The van der Waals surface area contributed by atoms with Crippen LogP contribution in [0.4, 0.5) is 5.69 Å². The first kappa shape index (κ1) is 21.6. The van der Waals surface area contributed by atoms with Gasteiger partial charge in [-0.25, -0.2) is 8.42 Å². The summed E-state index contributed by atoms with van der Waals surface area (Å²) in [6.07, 6.45) is 2.40. The minimum atomic E-state index is -3.36. The Balaban J connectivity index is 1.53. The SMILES string of the molecule is COc1cccc(C(=O)NC2CCN(C(=O)c3ccc(NS(C)(=O)=O)cc3)CC2)c1. The van der Waals surface area contributed by atoms with Crippen LogP contribution in [0.2, 0.25) is 0 Å². The Labute approximate surface area is 176 Å². The van der Waals surface area contributed by atoms with Gasteiger partial charge in [0, 0.05) is 35.9 Å². The van der Waals surface area contributed by atoms with Crippen LogP contribution < -0.4 is 14.8 Å². The highest BCUT2D eigenvalue weighted by atomic mass is 32.2. The number of nitrogens with one attached hydrogen (secondary N) is 2. The van der Waals surface area contributed by atoms with Crippen molar-refractivity contribution in [2.75, 3.05) is 31.2 Å². The fraction of sp³-hybridized carbons (Fsp3) is 0.333. The average Bonchev–Trinajstić information content (AvgIpc) is 2.73. The molecule has 160 valence electrons. The highest BCUT2D eigenvalue weighted by Crippen LogP contribution is 2.18. The van der Waals surface area contributed by atoms with Crippen molar-refractivity contribution in [1.82, 2.24) is 10.2 Å². The lowest BCUT2D eigenvalue weighted by atomic mass is 10.0. The highest BCUT2D eigenvalue weighted by Gasteiger charge is 2.25. The van der Waals surface area contributed by atoms with Gasteiger partial charge in [-0.05, 0) is 55.3 Å². The van der Waals surface area contributed by atoms with Crippen LogP contribution in [-0.4, -0.2) is 57.6 Å². The highest BCUT2D eigenvalue weighted by molar-refractivity contribution is 7.92. The number of piperidine rings is 1. The fourth-order valence-electron chi connectivity index (χ4n) is 3.34. The number of amides is 2. The van der Waals surface area contributed by atoms with Crippen LogP contribution in [0, 0.1) is 0 Å². The first-order valence-corrected chi connectivity index (χ1v) is 11.5. The van der Waals surface area contributed by atoms with Crippen molar-refractivity contribution in [3.05, 3.63) is 59.7 Å². The Morgan fingerprint density at radius 3 is 2.30 bits per heavy atom. The zero-order valence-electron chi connectivity index (χ0n) is 16.9.